The van der Waals surface area contributed by atoms with Crippen molar-refractivity contribution in [1.82, 2.24) is 5.32 Å². The second-order valence-corrected chi connectivity index (χ2v) is 5.12. The van der Waals surface area contributed by atoms with Crippen LogP contribution in [0, 0.1) is 5.92 Å². The fraction of sp³-hybridized carbons (Fsp3) is 1.00. The zero-order chi connectivity index (χ0) is 9.10. The molecule has 0 aromatic carbocycles. The van der Waals surface area contributed by atoms with E-state index in [9.17, 15) is 0 Å². The third-order valence-electron chi connectivity index (χ3n) is 3.76. The van der Waals surface area contributed by atoms with Crippen LogP contribution < -0.4 is 5.32 Å². The van der Waals surface area contributed by atoms with Crippen LogP contribution in [0.15, 0.2) is 0 Å². The number of hydrogen-bond donors (Lipinski definition) is 1. The molecular weight excluding hydrogens is 158 g/mol. The Morgan fingerprint density at radius 3 is 2.23 bits per heavy atom. The highest BCUT2D eigenvalue weighted by Crippen LogP contribution is 2.26. The smallest absolute Gasteiger partial charge is 0.00721 e. The zero-order valence-corrected chi connectivity index (χ0v) is 8.89. The Balaban J connectivity index is 1.73. The average molecular weight is 181 g/mol. The highest BCUT2D eigenvalue weighted by Gasteiger charge is 2.22. The largest absolute Gasteiger partial charge is 0.311 e. The van der Waals surface area contributed by atoms with E-state index in [2.05, 4.69) is 12.2 Å². The van der Waals surface area contributed by atoms with Crippen molar-refractivity contribution in [3.8, 4) is 0 Å². The normalized spacial score (nSPS) is 36.7. The number of rotatable bonds is 2. The summed E-state index contributed by atoms with van der Waals surface area (Å²) in [7, 11) is 0. The molecule has 0 bridgehead atoms. The summed E-state index contributed by atoms with van der Waals surface area (Å²) < 4.78 is 0. The van der Waals surface area contributed by atoms with Gasteiger partial charge in [0.1, 0.15) is 0 Å². The molecule has 2 aliphatic carbocycles. The average Bonchev–Trinajstić information content (AvgIpc) is 2.57. The molecule has 2 atom stereocenters. The molecule has 13 heavy (non-hydrogen) atoms. The summed E-state index contributed by atoms with van der Waals surface area (Å²) in [5.74, 6) is 0.965. The van der Waals surface area contributed by atoms with Gasteiger partial charge in [-0.25, -0.2) is 0 Å². The zero-order valence-electron chi connectivity index (χ0n) is 8.89. The van der Waals surface area contributed by atoms with Gasteiger partial charge in [0.15, 0.2) is 0 Å². The molecule has 0 heterocycles. The molecule has 0 radical (unpaired) electrons. The van der Waals surface area contributed by atoms with Crippen LogP contribution in [0.25, 0.3) is 0 Å². The van der Waals surface area contributed by atoms with Crippen molar-refractivity contribution in [2.75, 3.05) is 0 Å². The topological polar surface area (TPSA) is 12.0 Å². The lowest BCUT2D eigenvalue weighted by Gasteiger charge is -2.30. The third-order valence-corrected chi connectivity index (χ3v) is 3.76. The predicted octanol–water partition coefficient (Wildman–Crippen LogP) is 3.10. The molecule has 0 spiro atoms. The molecule has 2 aliphatic rings. The molecule has 0 amide bonds. The minimum atomic E-state index is 0.854. The first kappa shape index (κ1) is 9.51. The van der Waals surface area contributed by atoms with Crippen LogP contribution in [0.4, 0.5) is 0 Å². The van der Waals surface area contributed by atoms with E-state index in [4.69, 9.17) is 0 Å². The van der Waals surface area contributed by atoms with E-state index in [-0.39, 0.29) is 0 Å². The molecule has 2 fully saturated rings. The van der Waals surface area contributed by atoms with Crippen molar-refractivity contribution < 1.29 is 0 Å². The summed E-state index contributed by atoms with van der Waals surface area (Å²) in [6.07, 6.45) is 11.6. The van der Waals surface area contributed by atoms with Crippen LogP contribution in [-0.4, -0.2) is 12.1 Å². The molecule has 1 N–H and O–H groups in total. The summed E-state index contributed by atoms with van der Waals surface area (Å²) in [5.41, 5.74) is 0. The second-order valence-electron chi connectivity index (χ2n) is 5.12. The summed E-state index contributed by atoms with van der Waals surface area (Å²) >= 11 is 0. The van der Waals surface area contributed by atoms with Crippen LogP contribution in [0.3, 0.4) is 0 Å². The minimum Gasteiger partial charge on any atom is -0.311 e. The lowest BCUT2D eigenvalue weighted by molar-refractivity contribution is 0.280. The molecular formula is C12H23N. The molecule has 2 rings (SSSR count). The van der Waals surface area contributed by atoms with E-state index >= 15 is 0 Å². The molecule has 0 unspecified atom stereocenters. The maximum Gasteiger partial charge on any atom is 0.00721 e. The van der Waals surface area contributed by atoms with Crippen molar-refractivity contribution in [2.45, 2.75) is 70.4 Å². The molecule has 76 valence electrons. The first-order chi connectivity index (χ1) is 6.34. The second kappa shape index (κ2) is 4.45. The van der Waals surface area contributed by atoms with E-state index in [1.807, 2.05) is 0 Å². The van der Waals surface area contributed by atoms with Gasteiger partial charge in [0.05, 0.1) is 0 Å². The van der Waals surface area contributed by atoms with Gasteiger partial charge in [-0.2, -0.15) is 0 Å². The first-order valence-corrected chi connectivity index (χ1v) is 6.10. The molecule has 1 nitrogen and oxygen atoms in total. The van der Waals surface area contributed by atoms with Gasteiger partial charge in [0, 0.05) is 12.1 Å². The van der Waals surface area contributed by atoms with Crippen LogP contribution >= 0.6 is 0 Å². The van der Waals surface area contributed by atoms with Crippen molar-refractivity contribution in [3.05, 3.63) is 0 Å². The van der Waals surface area contributed by atoms with E-state index in [0.717, 1.165) is 18.0 Å². The highest BCUT2D eigenvalue weighted by atomic mass is 15.0. The van der Waals surface area contributed by atoms with Crippen molar-refractivity contribution >= 4 is 0 Å². The van der Waals surface area contributed by atoms with Gasteiger partial charge < -0.3 is 5.32 Å². The quantitative estimate of drug-likeness (QED) is 0.690. The van der Waals surface area contributed by atoms with E-state index in [1.54, 1.807) is 0 Å². The Morgan fingerprint density at radius 2 is 1.54 bits per heavy atom. The van der Waals surface area contributed by atoms with Crippen LogP contribution in [0.5, 0.6) is 0 Å². The maximum absolute atomic E-state index is 3.85. The van der Waals surface area contributed by atoms with Gasteiger partial charge in [-0.05, 0) is 31.6 Å². The molecule has 1 heteroatoms. The predicted molar refractivity (Wildman–Crippen MR) is 56.8 cm³/mol. The maximum atomic E-state index is 3.85. The van der Waals surface area contributed by atoms with Crippen LogP contribution in [0.2, 0.25) is 0 Å². The fourth-order valence-electron chi connectivity index (χ4n) is 3.01. The van der Waals surface area contributed by atoms with Gasteiger partial charge in [-0.1, -0.05) is 32.6 Å². The standard InChI is InChI=1S/C12H23N/c1-10-5-4-8-12(9-10)13-11-6-2-3-7-11/h10-13H,2-9H2,1H3/t10-,12+/m1/s1. The molecule has 0 aliphatic heterocycles. The minimum absolute atomic E-state index is 0.854. The first-order valence-electron chi connectivity index (χ1n) is 6.10. The summed E-state index contributed by atoms with van der Waals surface area (Å²) in [6.45, 7) is 2.41. The van der Waals surface area contributed by atoms with Crippen LogP contribution in [-0.2, 0) is 0 Å². The Kier molecular flexibility index (Phi) is 3.26. The van der Waals surface area contributed by atoms with Crippen molar-refractivity contribution in [2.24, 2.45) is 5.92 Å². The Hall–Kier alpha value is -0.0400. The summed E-state index contributed by atoms with van der Waals surface area (Å²) in [5, 5.41) is 3.85. The van der Waals surface area contributed by atoms with Gasteiger partial charge in [0.2, 0.25) is 0 Å². The fourth-order valence-corrected chi connectivity index (χ4v) is 3.01. The monoisotopic (exact) mass is 181 g/mol. The Labute approximate surface area is 82.3 Å². The molecule has 0 aromatic heterocycles. The highest BCUT2D eigenvalue weighted by molar-refractivity contribution is 4.82. The van der Waals surface area contributed by atoms with Crippen molar-refractivity contribution in [1.29, 1.82) is 0 Å². The number of nitrogens with one attached hydrogen (secondary N) is 1. The summed E-state index contributed by atoms with van der Waals surface area (Å²) in [6, 6.07) is 1.72. The molecule has 0 aromatic rings. The van der Waals surface area contributed by atoms with Gasteiger partial charge in [0.25, 0.3) is 0 Å². The SMILES string of the molecule is C[C@@H]1CCC[C@H](NC2CCCC2)C1. The lowest BCUT2D eigenvalue weighted by Crippen LogP contribution is -2.39. The lowest BCUT2D eigenvalue weighted by atomic mass is 9.86. The van der Waals surface area contributed by atoms with Crippen molar-refractivity contribution in [3.63, 3.8) is 0 Å². The third kappa shape index (κ3) is 2.70. The van der Waals surface area contributed by atoms with E-state index in [0.29, 0.717) is 0 Å². The number of hydrogen-bond acceptors (Lipinski definition) is 1. The molecule has 0 saturated heterocycles. The Bertz CT molecular complexity index is 149. The van der Waals surface area contributed by atoms with E-state index in [1.165, 1.54) is 51.4 Å². The Morgan fingerprint density at radius 1 is 0.846 bits per heavy atom. The van der Waals surface area contributed by atoms with Crippen LogP contribution in [0.1, 0.15) is 58.3 Å². The summed E-state index contributed by atoms with van der Waals surface area (Å²) in [4.78, 5) is 0. The molecule has 2 saturated carbocycles. The van der Waals surface area contributed by atoms with Gasteiger partial charge >= 0.3 is 0 Å². The van der Waals surface area contributed by atoms with E-state index < -0.39 is 0 Å². The van der Waals surface area contributed by atoms with Gasteiger partial charge in [-0.15, -0.1) is 0 Å². The van der Waals surface area contributed by atoms with Gasteiger partial charge in [-0.3, -0.25) is 0 Å².